The first-order valence-electron chi connectivity index (χ1n) is 7.63. The third-order valence-electron chi connectivity index (χ3n) is 4.04. The number of hydrogen-bond acceptors (Lipinski definition) is 6. The standard InChI is InChI=1S/C17H16N4O2S/c1-23-13-4-5-14-15(7-13)24-17(20-14)21-9-11(10-21)16(22)19-12-3-2-6-18-8-12/h2-8,11H,9-10H2,1H3,(H,19,22). The van der Waals surface area contributed by atoms with Crippen LogP contribution in [0.3, 0.4) is 0 Å². The van der Waals surface area contributed by atoms with E-state index < -0.39 is 0 Å². The molecule has 4 rings (SSSR count). The lowest BCUT2D eigenvalue weighted by Gasteiger charge is -2.37. The first-order chi connectivity index (χ1) is 11.7. The summed E-state index contributed by atoms with van der Waals surface area (Å²) in [4.78, 5) is 23.0. The first kappa shape index (κ1) is 14.9. The molecule has 0 saturated carbocycles. The largest absolute Gasteiger partial charge is 0.497 e. The molecule has 122 valence electrons. The fourth-order valence-corrected chi connectivity index (χ4v) is 3.65. The molecule has 1 N–H and O–H groups in total. The number of methoxy groups -OCH3 is 1. The molecule has 1 aliphatic rings. The van der Waals surface area contributed by atoms with Crippen molar-refractivity contribution in [1.82, 2.24) is 9.97 Å². The van der Waals surface area contributed by atoms with Crippen molar-refractivity contribution in [3.05, 3.63) is 42.7 Å². The Hall–Kier alpha value is -2.67. The first-order valence-corrected chi connectivity index (χ1v) is 8.45. The van der Waals surface area contributed by atoms with E-state index in [1.807, 2.05) is 24.3 Å². The predicted octanol–water partition coefficient (Wildman–Crippen LogP) is 2.77. The molecule has 1 fully saturated rings. The van der Waals surface area contributed by atoms with Crippen LogP contribution in [-0.4, -0.2) is 36.1 Å². The Kier molecular flexibility index (Phi) is 3.78. The number of amides is 1. The number of anilines is 2. The molecule has 1 amide bonds. The van der Waals surface area contributed by atoms with E-state index in [0.29, 0.717) is 13.1 Å². The van der Waals surface area contributed by atoms with Crippen LogP contribution in [0.25, 0.3) is 10.2 Å². The van der Waals surface area contributed by atoms with Gasteiger partial charge in [0.05, 0.1) is 35.1 Å². The summed E-state index contributed by atoms with van der Waals surface area (Å²) < 4.78 is 6.34. The molecule has 2 aromatic heterocycles. The van der Waals surface area contributed by atoms with E-state index in [1.165, 1.54) is 0 Å². The highest BCUT2D eigenvalue weighted by molar-refractivity contribution is 7.22. The van der Waals surface area contributed by atoms with Gasteiger partial charge in [-0.2, -0.15) is 0 Å². The van der Waals surface area contributed by atoms with Crippen LogP contribution in [0, 0.1) is 5.92 Å². The molecule has 1 aliphatic heterocycles. The number of rotatable bonds is 4. The zero-order chi connectivity index (χ0) is 16.5. The number of pyridine rings is 1. The van der Waals surface area contributed by atoms with Crippen LogP contribution in [-0.2, 0) is 4.79 Å². The Morgan fingerprint density at radius 2 is 2.25 bits per heavy atom. The third-order valence-corrected chi connectivity index (χ3v) is 5.12. The number of aromatic nitrogens is 2. The minimum atomic E-state index is -0.0215. The van der Waals surface area contributed by atoms with E-state index >= 15 is 0 Å². The molecule has 0 unspecified atom stereocenters. The van der Waals surface area contributed by atoms with Crippen molar-refractivity contribution in [2.75, 3.05) is 30.4 Å². The number of nitrogens with zero attached hydrogens (tertiary/aromatic N) is 3. The number of thiazole rings is 1. The maximum atomic E-state index is 12.2. The van der Waals surface area contributed by atoms with Gasteiger partial charge in [-0.3, -0.25) is 9.78 Å². The topological polar surface area (TPSA) is 67.3 Å². The maximum absolute atomic E-state index is 12.2. The van der Waals surface area contributed by atoms with E-state index in [2.05, 4.69) is 20.2 Å². The van der Waals surface area contributed by atoms with Gasteiger partial charge in [0.1, 0.15) is 5.75 Å². The number of carbonyl (C=O) groups is 1. The molecule has 0 radical (unpaired) electrons. The number of fused-ring (bicyclic) bond motifs is 1. The van der Waals surface area contributed by atoms with Gasteiger partial charge in [-0.25, -0.2) is 4.98 Å². The van der Waals surface area contributed by atoms with E-state index in [-0.39, 0.29) is 11.8 Å². The van der Waals surface area contributed by atoms with Crippen LogP contribution in [0.2, 0.25) is 0 Å². The summed E-state index contributed by atoms with van der Waals surface area (Å²) in [5.41, 5.74) is 1.69. The molecule has 0 spiro atoms. The minimum absolute atomic E-state index is 0.0215. The molecule has 0 atom stereocenters. The summed E-state index contributed by atoms with van der Waals surface area (Å²) in [6, 6.07) is 9.50. The lowest BCUT2D eigenvalue weighted by atomic mass is 10.00. The molecule has 1 aromatic carbocycles. The molecular formula is C17H16N4O2S. The summed E-state index contributed by atoms with van der Waals surface area (Å²) in [7, 11) is 1.66. The summed E-state index contributed by atoms with van der Waals surface area (Å²) in [5.74, 6) is 0.837. The second-order valence-corrected chi connectivity index (χ2v) is 6.67. The molecule has 1 saturated heterocycles. The molecule has 0 aliphatic carbocycles. The highest BCUT2D eigenvalue weighted by atomic mass is 32.1. The van der Waals surface area contributed by atoms with Crippen LogP contribution in [0.5, 0.6) is 5.75 Å². The van der Waals surface area contributed by atoms with Gasteiger partial charge in [0, 0.05) is 19.3 Å². The molecule has 6 nitrogen and oxygen atoms in total. The lowest BCUT2D eigenvalue weighted by Crippen LogP contribution is -2.52. The van der Waals surface area contributed by atoms with Crippen LogP contribution >= 0.6 is 11.3 Å². The van der Waals surface area contributed by atoms with E-state index in [0.717, 1.165) is 26.8 Å². The van der Waals surface area contributed by atoms with E-state index in [1.54, 1.807) is 36.9 Å². The molecule has 0 bridgehead atoms. The number of ether oxygens (including phenoxy) is 1. The Labute approximate surface area is 143 Å². The molecular weight excluding hydrogens is 324 g/mol. The normalized spacial score (nSPS) is 14.5. The average molecular weight is 340 g/mol. The van der Waals surface area contributed by atoms with Crippen molar-refractivity contribution in [2.45, 2.75) is 0 Å². The molecule has 24 heavy (non-hydrogen) atoms. The van der Waals surface area contributed by atoms with E-state index in [9.17, 15) is 4.79 Å². The number of nitrogens with one attached hydrogen (secondary N) is 1. The zero-order valence-electron chi connectivity index (χ0n) is 13.1. The summed E-state index contributed by atoms with van der Waals surface area (Å²) in [6.07, 6.45) is 3.33. The highest BCUT2D eigenvalue weighted by Gasteiger charge is 2.34. The van der Waals surface area contributed by atoms with Gasteiger partial charge in [0.15, 0.2) is 5.13 Å². The van der Waals surface area contributed by atoms with Crippen molar-refractivity contribution in [1.29, 1.82) is 0 Å². The minimum Gasteiger partial charge on any atom is -0.497 e. The van der Waals surface area contributed by atoms with Crippen molar-refractivity contribution >= 4 is 38.3 Å². The van der Waals surface area contributed by atoms with Crippen LogP contribution in [0.15, 0.2) is 42.7 Å². The Balaban J connectivity index is 1.41. The fraction of sp³-hybridized carbons (Fsp3) is 0.235. The maximum Gasteiger partial charge on any atom is 0.231 e. The van der Waals surface area contributed by atoms with E-state index in [4.69, 9.17) is 4.74 Å². The Morgan fingerprint density at radius 3 is 3.00 bits per heavy atom. The van der Waals surface area contributed by atoms with Crippen molar-refractivity contribution in [3.8, 4) is 5.75 Å². The quantitative estimate of drug-likeness (QED) is 0.791. The van der Waals surface area contributed by atoms with Crippen LogP contribution in [0.1, 0.15) is 0 Å². The average Bonchev–Trinajstić information content (AvgIpc) is 2.96. The number of carbonyl (C=O) groups excluding carboxylic acids is 1. The predicted molar refractivity (Wildman–Crippen MR) is 94.7 cm³/mol. The van der Waals surface area contributed by atoms with Gasteiger partial charge >= 0.3 is 0 Å². The van der Waals surface area contributed by atoms with Crippen molar-refractivity contribution < 1.29 is 9.53 Å². The van der Waals surface area contributed by atoms with Crippen LogP contribution < -0.4 is 15.0 Å². The Bertz CT molecular complexity index is 875. The summed E-state index contributed by atoms with van der Waals surface area (Å²) in [5, 5.41) is 3.84. The van der Waals surface area contributed by atoms with Gasteiger partial charge in [0.25, 0.3) is 0 Å². The Morgan fingerprint density at radius 1 is 1.38 bits per heavy atom. The van der Waals surface area contributed by atoms with Gasteiger partial charge in [-0.1, -0.05) is 11.3 Å². The number of hydrogen-bond donors (Lipinski definition) is 1. The third kappa shape index (κ3) is 2.78. The van der Waals surface area contributed by atoms with Gasteiger partial charge in [-0.15, -0.1) is 0 Å². The van der Waals surface area contributed by atoms with Gasteiger partial charge < -0.3 is 15.0 Å². The number of benzene rings is 1. The van der Waals surface area contributed by atoms with Crippen LogP contribution in [0.4, 0.5) is 10.8 Å². The molecule has 3 heterocycles. The lowest BCUT2D eigenvalue weighted by molar-refractivity contribution is -0.120. The van der Waals surface area contributed by atoms with Crippen molar-refractivity contribution in [2.24, 2.45) is 5.92 Å². The second-order valence-electron chi connectivity index (χ2n) is 5.66. The molecule has 3 aromatic rings. The van der Waals surface area contributed by atoms with Crippen molar-refractivity contribution in [3.63, 3.8) is 0 Å². The second kappa shape index (κ2) is 6.09. The SMILES string of the molecule is COc1ccc2nc(N3CC(C(=O)Nc4cccnc4)C3)sc2c1. The smallest absolute Gasteiger partial charge is 0.231 e. The zero-order valence-corrected chi connectivity index (χ0v) is 13.9. The monoisotopic (exact) mass is 340 g/mol. The molecule has 7 heteroatoms. The van der Waals surface area contributed by atoms with Gasteiger partial charge in [0.2, 0.25) is 5.91 Å². The highest BCUT2D eigenvalue weighted by Crippen LogP contribution is 2.34. The fourth-order valence-electron chi connectivity index (χ4n) is 2.64. The summed E-state index contributed by atoms with van der Waals surface area (Å²) in [6.45, 7) is 1.37. The van der Waals surface area contributed by atoms with Gasteiger partial charge in [-0.05, 0) is 30.3 Å². The summed E-state index contributed by atoms with van der Waals surface area (Å²) >= 11 is 1.62.